The summed E-state index contributed by atoms with van der Waals surface area (Å²) in [4.78, 5) is 11.4. The summed E-state index contributed by atoms with van der Waals surface area (Å²) in [6, 6.07) is 7.31. The predicted octanol–water partition coefficient (Wildman–Crippen LogP) is 3.02. The van der Waals surface area contributed by atoms with Crippen LogP contribution in [0, 0.1) is 5.92 Å². The van der Waals surface area contributed by atoms with Gasteiger partial charge in [0.05, 0.1) is 5.92 Å². The summed E-state index contributed by atoms with van der Waals surface area (Å²) in [6.07, 6.45) is 5.53. The molecule has 0 amide bonds. The number of carboxylic acid groups (broad SMARTS) is 1. The van der Waals surface area contributed by atoms with E-state index < -0.39 is 11.9 Å². The Bertz CT molecular complexity index is 397. The molecule has 1 fully saturated rings. The van der Waals surface area contributed by atoms with Crippen LogP contribution >= 0.6 is 0 Å². The Kier molecular flexibility index (Phi) is 3.67. The van der Waals surface area contributed by atoms with E-state index in [9.17, 15) is 9.90 Å². The Morgan fingerprint density at radius 2 is 2.00 bits per heavy atom. The zero-order valence-corrected chi connectivity index (χ0v) is 9.93. The van der Waals surface area contributed by atoms with Crippen LogP contribution in [0.15, 0.2) is 24.3 Å². The van der Waals surface area contributed by atoms with Gasteiger partial charge in [-0.2, -0.15) is 0 Å². The van der Waals surface area contributed by atoms with Crippen LogP contribution in [0.5, 0.6) is 0 Å². The first-order chi connectivity index (χ1) is 8.18. The lowest BCUT2D eigenvalue weighted by Crippen LogP contribution is -2.16. The van der Waals surface area contributed by atoms with Crippen LogP contribution in [0.4, 0.5) is 5.69 Å². The molecule has 0 aliphatic heterocycles. The monoisotopic (exact) mass is 233 g/mol. The smallest absolute Gasteiger partial charge is 0.311 e. The van der Waals surface area contributed by atoms with Gasteiger partial charge in [0.15, 0.2) is 0 Å². The third kappa shape index (κ3) is 2.78. The maximum atomic E-state index is 11.4. The van der Waals surface area contributed by atoms with Gasteiger partial charge in [-0.25, -0.2) is 0 Å². The molecule has 1 atom stereocenters. The molecule has 3 nitrogen and oxygen atoms in total. The molecule has 2 rings (SSSR count). The third-order valence-corrected chi connectivity index (χ3v) is 3.71. The maximum Gasteiger partial charge on any atom is 0.311 e. The highest BCUT2D eigenvalue weighted by Gasteiger charge is 2.27. The van der Waals surface area contributed by atoms with Crippen LogP contribution in [0.3, 0.4) is 0 Å². The lowest BCUT2D eigenvalue weighted by atomic mass is 9.87. The molecule has 1 aromatic carbocycles. The standard InChI is InChI=1S/C14H19NO2/c15-13-8-4-3-7-11(13)12(14(16)17)9-10-5-1-2-6-10/h3-4,7-8,10,12H,1-2,5-6,9,15H2,(H,16,17). The van der Waals surface area contributed by atoms with Gasteiger partial charge < -0.3 is 10.8 Å². The summed E-state index contributed by atoms with van der Waals surface area (Å²) in [5, 5.41) is 9.36. The lowest BCUT2D eigenvalue weighted by molar-refractivity contribution is -0.139. The molecule has 1 saturated carbocycles. The van der Waals surface area contributed by atoms with Crippen molar-refractivity contribution in [2.75, 3.05) is 5.73 Å². The average molecular weight is 233 g/mol. The van der Waals surface area contributed by atoms with Crippen molar-refractivity contribution in [2.45, 2.75) is 38.0 Å². The molecule has 1 aliphatic carbocycles. The number of para-hydroxylation sites is 1. The quantitative estimate of drug-likeness (QED) is 0.786. The van der Waals surface area contributed by atoms with Crippen LogP contribution in [0.25, 0.3) is 0 Å². The first-order valence-corrected chi connectivity index (χ1v) is 6.25. The Labute approximate surface area is 102 Å². The minimum absolute atomic E-state index is 0.445. The van der Waals surface area contributed by atoms with Crippen molar-refractivity contribution < 1.29 is 9.90 Å². The van der Waals surface area contributed by atoms with Crippen molar-refractivity contribution >= 4 is 11.7 Å². The van der Waals surface area contributed by atoms with E-state index in [4.69, 9.17) is 5.73 Å². The van der Waals surface area contributed by atoms with Crippen molar-refractivity contribution in [1.82, 2.24) is 0 Å². The van der Waals surface area contributed by atoms with E-state index in [2.05, 4.69) is 0 Å². The fourth-order valence-electron chi connectivity index (χ4n) is 2.77. The average Bonchev–Trinajstić information content (AvgIpc) is 2.79. The molecule has 3 heteroatoms. The molecule has 0 saturated heterocycles. The highest BCUT2D eigenvalue weighted by molar-refractivity contribution is 5.78. The number of carboxylic acids is 1. The van der Waals surface area contributed by atoms with E-state index >= 15 is 0 Å². The predicted molar refractivity (Wildman–Crippen MR) is 67.8 cm³/mol. The van der Waals surface area contributed by atoms with Crippen molar-refractivity contribution in [3.8, 4) is 0 Å². The minimum atomic E-state index is -0.755. The summed E-state index contributed by atoms with van der Waals surface area (Å²) in [7, 11) is 0. The molecule has 0 heterocycles. The molecule has 0 aromatic heterocycles. The fourth-order valence-corrected chi connectivity index (χ4v) is 2.77. The molecule has 92 valence electrons. The number of nitrogens with two attached hydrogens (primary N) is 1. The van der Waals surface area contributed by atoms with E-state index in [0.29, 0.717) is 11.6 Å². The van der Waals surface area contributed by atoms with Gasteiger partial charge >= 0.3 is 5.97 Å². The molecular weight excluding hydrogens is 214 g/mol. The van der Waals surface area contributed by atoms with Crippen molar-refractivity contribution in [2.24, 2.45) is 5.92 Å². The number of hydrogen-bond donors (Lipinski definition) is 2. The molecule has 1 aromatic rings. The highest BCUT2D eigenvalue weighted by Crippen LogP contribution is 2.35. The van der Waals surface area contributed by atoms with Crippen LogP contribution in [-0.4, -0.2) is 11.1 Å². The number of benzene rings is 1. The van der Waals surface area contributed by atoms with Gasteiger partial charge in [-0.1, -0.05) is 43.9 Å². The maximum absolute atomic E-state index is 11.4. The van der Waals surface area contributed by atoms with E-state index in [1.54, 1.807) is 6.07 Å². The number of hydrogen-bond acceptors (Lipinski definition) is 2. The second-order valence-corrected chi connectivity index (χ2v) is 4.91. The van der Waals surface area contributed by atoms with E-state index in [0.717, 1.165) is 24.8 Å². The molecule has 0 bridgehead atoms. The SMILES string of the molecule is Nc1ccccc1C(CC1CCCC1)C(=O)O. The highest BCUT2D eigenvalue weighted by atomic mass is 16.4. The number of nitrogen functional groups attached to an aromatic ring is 1. The summed E-state index contributed by atoms with van der Waals surface area (Å²) >= 11 is 0. The first kappa shape index (κ1) is 12.0. The second-order valence-electron chi connectivity index (χ2n) is 4.91. The van der Waals surface area contributed by atoms with Crippen molar-refractivity contribution in [1.29, 1.82) is 0 Å². The van der Waals surface area contributed by atoms with E-state index in [-0.39, 0.29) is 0 Å². The van der Waals surface area contributed by atoms with Crippen molar-refractivity contribution in [3.05, 3.63) is 29.8 Å². The Balaban J connectivity index is 2.17. The van der Waals surface area contributed by atoms with E-state index in [1.165, 1.54) is 12.8 Å². The lowest BCUT2D eigenvalue weighted by Gasteiger charge is -2.18. The van der Waals surface area contributed by atoms with Gasteiger partial charge in [0.2, 0.25) is 0 Å². The Morgan fingerprint density at radius 3 is 2.59 bits per heavy atom. The second kappa shape index (κ2) is 5.21. The fraction of sp³-hybridized carbons (Fsp3) is 0.500. The van der Waals surface area contributed by atoms with E-state index in [1.807, 2.05) is 18.2 Å². The third-order valence-electron chi connectivity index (χ3n) is 3.71. The zero-order chi connectivity index (χ0) is 12.3. The number of anilines is 1. The summed E-state index contributed by atoms with van der Waals surface area (Å²) < 4.78 is 0. The van der Waals surface area contributed by atoms with Gasteiger partial charge in [-0.15, -0.1) is 0 Å². The number of rotatable bonds is 4. The van der Waals surface area contributed by atoms with Gasteiger partial charge in [-0.3, -0.25) is 4.79 Å². The largest absolute Gasteiger partial charge is 0.481 e. The van der Waals surface area contributed by atoms with Gasteiger partial charge in [0.25, 0.3) is 0 Å². The minimum Gasteiger partial charge on any atom is -0.481 e. The van der Waals surface area contributed by atoms with Crippen molar-refractivity contribution in [3.63, 3.8) is 0 Å². The normalized spacial score (nSPS) is 18.1. The first-order valence-electron chi connectivity index (χ1n) is 6.25. The molecular formula is C14H19NO2. The van der Waals surface area contributed by atoms with Crippen LogP contribution in [-0.2, 0) is 4.79 Å². The number of aliphatic carboxylic acids is 1. The van der Waals surface area contributed by atoms with Crippen LogP contribution < -0.4 is 5.73 Å². The molecule has 1 aliphatic rings. The van der Waals surface area contributed by atoms with Crippen LogP contribution in [0.1, 0.15) is 43.6 Å². The number of carbonyl (C=O) groups is 1. The van der Waals surface area contributed by atoms with Crippen LogP contribution in [0.2, 0.25) is 0 Å². The molecule has 3 N–H and O–H groups in total. The van der Waals surface area contributed by atoms with Gasteiger partial charge in [0.1, 0.15) is 0 Å². The van der Waals surface area contributed by atoms with Gasteiger partial charge in [0, 0.05) is 5.69 Å². The summed E-state index contributed by atoms with van der Waals surface area (Å²) in [5.41, 5.74) is 7.24. The molecule has 17 heavy (non-hydrogen) atoms. The summed E-state index contributed by atoms with van der Waals surface area (Å²) in [6.45, 7) is 0. The zero-order valence-electron chi connectivity index (χ0n) is 9.93. The Morgan fingerprint density at radius 1 is 1.35 bits per heavy atom. The topological polar surface area (TPSA) is 63.3 Å². The molecule has 1 unspecified atom stereocenters. The Hall–Kier alpha value is -1.51. The molecule has 0 radical (unpaired) electrons. The van der Waals surface area contributed by atoms with Gasteiger partial charge in [-0.05, 0) is 24.0 Å². The molecule has 0 spiro atoms. The summed E-state index contributed by atoms with van der Waals surface area (Å²) in [5.74, 6) is -0.648.